The quantitative estimate of drug-likeness (QED) is 0.621. The first-order valence-electron chi connectivity index (χ1n) is 5.70. The Bertz CT molecular complexity index is 556. The van der Waals surface area contributed by atoms with E-state index < -0.39 is 0 Å². The summed E-state index contributed by atoms with van der Waals surface area (Å²) in [5.74, 6) is -0.289. The van der Waals surface area contributed by atoms with E-state index in [9.17, 15) is 4.79 Å². The minimum absolute atomic E-state index is 0.142. The molecule has 2 heterocycles. The van der Waals surface area contributed by atoms with Gasteiger partial charge in [0, 0.05) is 19.3 Å². The molecule has 19 heavy (non-hydrogen) atoms. The summed E-state index contributed by atoms with van der Waals surface area (Å²) in [5.41, 5.74) is 6.24. The van der Waals surface area contributed by atoms with E-state index in [1.54, 1.807) is 17.1 Å². The lowest BCUT2D eigenvalue weighted by Gasteiger charge is -2.06. The van der Waals surface area contributed by atoms with Crippen LogP contribution in [0, 0.1) is 0 Å². The zero-order valence-electron chi connectivity index (χ0n) is 10.1. The number of carbonyl (C=O) groups is 1. The molecule has 3 N–H and O–H groups in total. The lowest BCUT2D eigenvalue weighted by atomic mass is 10.2. The molecule has 0 aliphatic carbocycles. The molecule has 0 atom stereocenters. The highest BCUT2D eigenvalue weighted by Crippen LogP contribution is 2.15. The van der Waals surface area contributed by atoms with Gasteiger partial charge in [-0.2, -0.15) is 0 Å². The summed E-state index contributed by atoms with van der Waals surface area (Å²) in [4.78, 5) is 15.7. The summed E-state index contributed by atoms with van der Waals surface area (Å²) < 4.78 is 1.70. The third kappa shape index (κ3) is 3.65. The number of amides is 1. The summed E-state index contributed by atoms with van der Waals surface area (Å²) >= 11 is 5.84. The van der Waals surface area contributed by atoms with Crippen molar-refractivity contribution in [1.82, 2.24) is 25.3 Å². The number of nitrogens with two attached hydrogens (primary N) is 1. The molecule has 7 nitrogen and oxygen atoms in total. The van der Waals surface area contributed by atoms with Gasteiger partial charge in [0.25, 0.3) is 5.91 Å². The molecule has 0 saturated heterocycles. The van der Waals surface area contributed by atoms with Crippen molar-refractivity contribution in [2.24, 2.45) is 0 Å². The van der Waals surface area contributed by atoms with Crippen molar-refractivity contribution >= 4 is 23.2 Å². The molecular weight excluding hydrogens is 268 g/mol. The highest BCUT2D eigenvalue weighted by Gasteiger charge is 2.11. The molecule has 0 unspecified atom stereocenters. The Hall–Kier alpha value is -2.15. The maximum atomic E-state index is 11.9. The Balaban J connectivity index is 1.82. The average Bonchev–Trinajstić information content (AvgIpc) is 2.90. The Kier molecular flexibility index (Phi) is 4.30. The van der Waals surface area contributed by atoms with Crippen LogP contribution in [-0.4, -0.2) is 32.4 Å². The van der Waals surface area contributed by atoms with Gasteiger partial charge in [0.2, 0.25) is 0 Å². The van der Waals surface area contributed by atoms with Crippen LogP contribution >= 0.6 is 11.6 Å². The zero-order valence-corrected chi connectivity index (χ0v) is 10.8. The number of aromatic nitrogens is 4. The first-order chi connectivity index (χ1) is 9.16. The van der Waals surface area contributed by atoms with E-state index in [-0.39, 0.29) is 16.6 Å². The van der Waals surface area contributed by atoms with Gasteiger partial charge in [0.15, 0.2) is 0 Å². The molecule has 100 valence electrons. The van der Waals surface area contributed by atoms with Crippen LogP contribution in [0.4, 0.5) is 5.69 Å². The van der Waals surface area contributed by atoms with Crippen LogP contribution in [0.1, 0.15) is 16.8 Å². The number of anilines is 1. The van der Waals surface area contributed by atoms with E-state index in [0.717, 1.165) is 6.42 Å². The van der Waals surface area contributed by atoms with Crippen LogP contribution in [0.5, 0.6) is 0 Å². The van der Waals surface area contributed by atoms with Crippen molar-refractivity contribution in [3.05, 3.63) is 35.4 Å². The van der Waals surface area contributed by atoms with Gasteiger partial charge < -0.3 is 11.1 Å². The number of nitrogen functional groups attached to an aromatic ring is 1. The second-order valence-corrected chi connectivity index (χ2v) is 4.24. The highest BCUT2D eigenvalue weighted by molar-refractivity contribution is 6.32. The SMILES string of the molecule is Nc1cnc(Cl)c(C(=O)NCCCn2ccnn2)c1. The molecule has 0 radical (unpaired) electrons. The molecule has 2 aromatic rings. The summed E-state index contributed by atoms with van der Waals surface area (Å²) in [6.07, 6.45) is 5.52. The number of halogens is 1. The van der Waals surface area contributed by atoms with Crippen molar-refractivity contribution in [2.45, 2.75) is 13.0 Å². The number of rotatable bonds is 5. The molecule has 0 saturated carbocycles. The monoisotopic (exact) mass is 280 g/mol. The van der Waals surface area contributed by atoms with Crippen LogP contribution < -0.4 is 11.1 Å². The van der Waals surface area contributed by atoms with Crippen LogP contribution in [0.3, 0.4) is 0 Å². The maximum Gasteiger partial charge on any atom is 0.254 e. The third-order valence-corrected chi connectivity index (χ3v) is 2.73. The molecule has 1 amide bonds. The van der Waals surface area contributed by atoms with Crippen molar-refractivity contribution in [3.8, 4) is 0 Å². The highest BCUT2D eigenvalue weighted by atomic mass is 35.5. The molecule has 0 aliphatic rings. The predicted octanol–water partition coefficient (Wildman–Crippen LogP) is 0.729. The second kappa shape index (κ2) is 6.14. The largest absolute Gasteiger partial charge is 0.397 e. The summed E-state index contributed by atoms with van der Waals surface area (Å²) in [6.45, 7) is 1.19. The number of hydrogen-bond donors (Lipinski definition) is 2. The third-order valence-electron chi connectivity index (χ3n) is 2.43. The van der Waals surface area contributed by atoms with Crippen LogP contribution in [0.25, 0.3) is 0 Å². The topological polar surface area (TPSA) is 98.7 Å². The fourth-order valence-corrected chi connectivity index (χ4v) is 1.70. The standard InChI is InChI=1S/C11H13ClN6O/c12-10-9(6-8(13)7-15-10)11(19)14-2-1-4-18-5-3-16-17-18/h3,5-7H,1-2,4,13H2,(H,14,19). The van der Waals surface area contributed by atoms with E-state index >= 15 is 0 Å². The van der Waals surface area contributed by atoms with Gasteiger partial charge >= 0.3 is 0 Å². The van der Waals surface area contributed by atoms with E-state index in [4.69, 9.17) is 17.3 Å². The number of hydrogen-bond acceptors (Lipinski definition) is 5. The van der Waals surface area contributed by atoms with Crippen molar-refractivity contribution < 1.29 is 4.79 Å². The van der Waals surface area contributed by atoms with Gasteiger partial charge in [-0.1, -0.05) is 16.8 Å². The molecule has 2 aromatic heterocycles. The number of nitrogens with one attached hydrogen (secondary N) is 1. The van der Waals surface area contributed by atoms with E-state index in [2.05, 4.69) is 20.6 Å². The number of carbonyl (C=O) groups excluding carboxylic acids is 1. The lowest BCUT2D eigenvalue weighted by molar-refractivity contribution is 0.0952. The minimum Gasteiger partial charge on any atom is -0.397 e. The van der Waals surface area contributed by atoms with E-state index in [1.165, 1.54) is 12.3 Å². The lowest BCUT2D eigenvalue weighted by Crippen LogP contribution is -2.26. The molecule has 0 aromatic carbocycles. The molecule has 2 rings (SSSR count). The first kappa shape index (κ1) is 13.3. The summed E-state index contributed by atoms with van der Waals surface area (Å²) in [5, 5.41) is 10.4. The second-order valence-electron chi connectivity index (χ2n) is 3.88. The van der Waals surface area contributed by atoms with Crippen LogP contribution in [0.2, 0.25) is 5.15 Å². The Labute approximate surface area is 114 Å². The Morgan fingerprint density at radius 3 is 3.11 bits per heavy atom. The smallest absolute Gasteiger partial charge is 0.254 e. The maximum absolute atomic E-state index is 11.9. The van der Waals surface area contributed by atoms with Gasteiger partial charge in [-0.15, -0.1) is 5.10 Å². The van der Waals surface area contributed by atoms with Gasteiger partial charge in [-0.3, -0.25) is 9.48 Å². The Morgan fingerprint density at radius 2 is 2.37 bits per heavy atom. The fourth-order valence-electron chi connectivity index (χ4n) is 1.51. The van der Waals surface area contributed by atoms with Crippen molar-refractivity contribution in [1.29, 1.82) is 0 Å². The molecular formula is C11H13ClN6O. The van der Waals surface area contributed by atoms with Gasteiger partial charge in [-0.25, -0.2) is 4.98 Å². The molecule has 0 aliphatic heterocycles. The number of pyridine rings is 1. The first-order valence-corrected chi connectivity index (χ1v) is 6.08. The number of nitrogens with zero attached hydrogens (tertiary/aromatic N) is 4. The molecule has 8 heteroatoms. The molecule has 0 bridgehead atoms. The zero-order chi connectivity index (χ0) is 13.7. The van der Waals surface area contributed by atoms with Crippen LogP contribution in [0.15, 0.2) is 24.7 Å². The van der Waals surface area contributed by atoms with E-state index in [1.807, 2.05) is 0 Å². The van der Waals surface area contributed by atoms with Crippen molar-refractivity contribution in [2.75, 3.05) is 12.3 Å². The predicted molar refractivity (Wildman–Crippen MR) is 70.6 cm³/mol. The summed E-state index contributed by atoms with van der Waals surface area (Å²) in [7, 11) is 0. The molecule has 0 spiro atoms. The van der Waals surface area contributed by atoms with Crippen molar-refractivity contribution in [3.63, 3.8) is 0 Å². The van der Waals surface area contributed by atoms with Gasteiger partial charge in [0.1, 0.15) is 5.15 Å². The fraction of sp³-hybridized carbons (Fsp3) is 0.273. The average molecular weight is 281 g/mol. The summed E-state index contributed by atoms with van der Waals surface area (Å²) in [6, 6.07) is 1.50. The number of aryl methyl sites for hydroxylation is 1. The Morgan fingerprint density at radius 1 is 1.53 bits per heavy atom. The molecule has 0 fully saturated rings. The normalized spacial score (nSPS) is 10.4. The minimum atomic E-state index is -0.289. The van der Waals surface area contributed by atoms with E-state index in [0.29, 0.717) is 18.8 Å². The van der Waals surface area contributed by atoms with Crippen LogP contribution in [-0.2, 0) is 6.54 Å². The van der Waals surface area contributed by atoms with Gasteiger partial charge in [0.05, 0.1) is 23.6 Å². The van der Waals surface area contributed by atoms with Gasteiger partial charge in [-0.05, 0) is 12.5 Å².